The summed E-state index contributed by atoms with van der Waals surface area (Å²) in [4.78, 5) is 3.37. The molecule has 0 aliphatic carbocycles. The van der Waals surface area contributed by atoms with E-state index in [0.717, 1.165) is 0 Å². The van der Waals surface area contributed by atoms with Crippen molar-refractivity contribution in [3.63, 3.8) is 0 Å². The van der Waals surface area contributed by atoms with Gasteiger partial charge in [-0.15, -0.1) is 0 Å². The number of nitrogens with zero attached hydrogens (tertiary/aromatic N) is 1. The summed E-state index contributed by atoms with van der Waals surface area (Å²) < 4.78 is 12.5. The van der Waals surface area contributed by atoms with Crippen LogP contribution in [0.5, 0.6) is 0 Å². The van der Waals surface area contributed by atoms with Crippen molar-refractivity contribution in [1.29, 1.82) is 0 Å². The van der Waals surface area contributed by atoms with Crippen molar-refractivity contribution in [2.75, 3.05) is 0 Å². The molecule has 1 nitrogen and oxygen atoms in total. The van der Waals surface area contributed by atoms with Crippen molar-refractivity contribution in [3.8, 4) is 0 Å². The van der Waals surface area contributed by atoms with Gasteiger partial charge in [0.1, 0.15) is 0 Å². The Kier molecular flexibility index (Phi) is 4.22. The number of rotatable bonds is 2. The summed E-state index contributed by atoms with van der Waals surface area (Å²) in [6.45, 7) is 4.71. The molecule has 0 heterocycles. The van der Waals surface area contributed by atoms with Crippen LogP contribution in [0.15, 0.2) is 28.3 Å². The SMILES string of the molecule is C=C/C(Br)=C\N=C(C)F. The third-order valence-electron chi connectivity index (χ3n) is 0.561. The lowest BCUT2D eigenvalue weighted by Gasteiger charge is -1.81. The number of halogens is 2. The lowest BCUT2D eigenvalue weighted by molar-refractivity contribution is 0.798. The summed E-state index contributed by atoms with van der Waals surface area (Å²) in [5.74, 6) is -0.464. The summed E-state index contributed by atoms with van der Waals surface area (Å²) in [6, 6.07) is 0. The minimum Gasteiger partial charge on any atom is -0.231 e. The van der Waals surface area contributed by atoms with Gasteiger partial charge < -0.3 is 0 Å². The van der Waals surface area contributed by atoms with E-state index in [0.29, 0.717) is 4.48 Å². The molecule has 0 unspecified atom stereocenters. The fourth-order valence-electron chi connectivity index (χ4n) is 0.203. The van der Waals surface area contributed by atoms with E-state index in [1.54, 1.807) is 0 Å². The summed E-state index contributed by atoms with van der Waals surface area (Å²) >= 11 is 3.07. The van der Waals surface area contributed by atoms with Gasteiger partial charge in [-0.05, 0) is 15.9 Å². The van der Waals surface area contributed by atoms with Crippen LogP contribution in [-0.2, 0) is 0 Å². The Labute approximate surface area is 62.1 Å². The largest absolute Gasteiger partial charge is 0.231 e. The molecular weight excluding hydrogens is 185 g/mol. The fourth-order valence-corrected chi connectivity index (χ4v) is 0.306. The topological polar surface area (TPSA) is 12.4 Å². The molecule has 0 saturated carbocycles. The fraction of sp³-hybridized carbons (Fsp3) is 0.167. The monoisotopic (exact) mass is 191 g/mol. The lowest BCUT2D eigenvalue weighted by Crippen LogP contribution is -1.72. The predicted molar refractivity (Wildman–Crippen MR) is 41.4 cm³/mol. The maximum absolute atomic E-state index is 11.8. The van der Waals surface area contributed by atoms with Gasteiger partial charge in [0.25, 0.3) is 0 Å². The molecule has 0 saturated heterocycles. The summed E-state index contributed by atoms with van der Waals surface area (Å²) in [5.41, 5.74) is 0. The molecule has 0 amide bonds. The molecular formula is C6H7BrFN. The Morgan fingerprint density at radius 2 is 2.33 bits per heavy atom. The van der Waals surface area contributed by atoms with Crippen molar-refractivity contribution in [3.05, 3.63) is 23.3 Å². The molecule has 0 aliphatic heterocycles. The van der Waals surface area contributed by atoms with E-state index in [4.69, 9.17) is 0 Å². The van der Waals surface area contributed by atoms with Gasteiger partial charge in [-0.3, -0.25) is 0 Å². The highest BCUT2D eigenvalue weighted by molar-refractivity contribution is 9.11. The Morgan fingerprint density at radius 1 is 1.78 bits per heavy atom. The summed E-state index contributed by atoms with van der Waals surface area (Å²) in [7, 11) is 0. The minimum absolute atomic E-state index is 0.464. The van der Waals surface area contributed by atoms with Crippen LogP contribution in [-0.4, -0.2) is 5.97 Å². The highest BCUT2D eigenvalue weighted by atomic mass is 79.9. The van der Waals surface area contributed by atoms with Crippen LogP contribution < -0.4 is 0 Å². The zero-order valence-corrected chi connectivity index (χ0v) is 6.65. The molecule has 0 aliphatic rings. The molecule has 0 aromatic rings. The second kappa shape index (κ2) is 4.44. The average molecular weight is 192 g/mol. The highest BCUT2D eigenvalue weighted by Gasteiger charge is 1.80. The number of hydrogen-bond acceptors (Lipinski definition) is 1. The molecule has 3 heteroatoms. The van der Waals surface area contributed by atoms with E-state index in [2.05, 4.69) is 27.5 Å². The Balaban J connectivity index is 3.98. The predicted octanol–water partition coefficient (Wildman–Crippen LogP) is 2.80. The van der Waals surface area contributed by atoms with Crippen LogP contribution in [0.4, 0.5) is 4.39 Å². The van der Waals surface area contributed by atoms with E-state index < -0.39 is 5.97 Å². The molecule has 0 bridgehead atoms. The van der Waals surface area contributed by atoms with Crippen molar-refractivity contribution < 1.29 is 4.39 Å². The molecule has 50 valence electrons. The summed E-state index contributed by atoms with van der Waals surface area (Å²) in [6.07, 6.45) is 2.88. The molecule has 9 heavy (non-hydrogen) atoms. The smallest absolute Gasteiger partial charge is 0.185 e. The van der Waals surface area contributed by atoms with E-state index in [9.17, 15) is 4.39 Å². The zero-order chi connectivity index (χ0) is 7.28. The Hall–Kier alpha value is -0.440. The van der Waals surface area contributed by atoms with Crippen molar-refractivity contribution >= 4 is 21.9 Å². The van der Waals surface area contributed by atoms with E-state index in [-0.39, 0.29) is 0 Å². The average Bonchev–Trinajstić information content (AvgIpc) is 1.83. The van der Waals surface area contributed by atoms with Crippen LogP contribution in [0, 0.1) is 0 Å². The van der Waals surface area contributed by atoms with Crippen molar-refractivity contribution in [1.82, 2.24) is 0 Å². The molecule has 0 rings (SSSR count). The number of aliphatic imine (C=N–C) groups is 1. The first-order chi connectivity index (χ1) is 4.16. The third kappa shape index (κ3) is 5.43. The van der Waals surface area contributed by atoms with Gasteiger partial charge in [-0.2, -0.15) is 4.39 Å². The molecule has 0 fully saturated rings. The van der Waals surface area contributed by atoms with Crippen molar-refractivity contribution in [2.24, 2.45) is 4.99 Å². The highest BCUT2D eigenvalue weighted by Crippen LogP contribution is 2.04. The molecule has 0 atom stereocenters. The standard InChI is InChI=1S/C6H7BrFN/c1-3-6(7)4-9-5(2)8/h3-4H,1H2,2H3/b6-4+,9-5?. The summed E-state index contributed by atoms with van der Waals surface area (Å²) in [5, 5.41) is 0. The first kappa shape index (κ1) is 8.56. The zero-order valence-electron chi connectivity index (χ0n) is 5.06. The van der Waals surface area contributed by atoms with Gasteiger partial charge in [-0.1, -0.05) is 12.7 Å². The first-order valence-electron chi connectivity index (χ1n) is 2.35. The van der Waals surface area contributed by atoms with Gasteiger partial charge in [-0.25, -0.2) is 4.99 Å². The van der Waals surface area contributed by atoms with Crippen LogP contribution in [0.3, 0.4) is 0 Å². The molecule has 0 radical (unpaired) electrons. The molecule has 0 spiro atoms. The maximum atomic E-state index is 11.8. The maximum Gasteiger partial charge on any atom is 0.185 e. The van der Waals surface area contributed by atoms with Gasteiger partial charge >= 0.3 is 0 Å². The van der Waals surface area contributed by atoms with Crippen molar-refractivity contribution in [2.45, 2.75) is 6.92 Å². The minimum atomic E-state index is -0.464. The van der Waals surface area contributed by atoms with Crippen LogP contribution in [0.1, 0.15) is 6.92 Å². The van der Waals surface area contributed by atoms with E-state index >= 15 is 0 Å². The van der Waals surface area contributed by atoms with E-state index in [1.165, 1.54) is 19.2 Å². The van der Waals surface area contributed by atoms with Crippen LogP contribution in [0.25, 0.3) is 0 Å². The van der Waals surface area contributed by atoms with Gasteiger partial charge in [0.15, 0.2) is 5.97 Å². The van der Waals surface area contributed by atoms with Crippen LogP contribution in [0.2, 0.25) is 0 Å². The molecule has 0 aromatic carbocycles. The Morgan fingerprint density at radius 3 is 2.67 bits per heavy atom. The first-order valence-corrected chi connectivity index (χ1v) is 3.14. The third-order valence-corrected chi connectivity index (χ3v) is 1.09. The number of hydrogen-bond donors (Lipinski definition) is 0. The number of allylic oxidation sites excluding steroid dienone is 2. The van der Waals surface area contributed by atoms with E-state index in [1.807, 2.05) is 0 Å². The molecule has 0 N–H and O–H groups in total. The second-order valence-corrected chi connectivity index (χ2v) is 2.26. The molecule has 0 aromatic heterocycles. The lowest BCUT2D eigenvalue weighted by atomic mass is 10.6. The van der Waals surface area contributed by atoms with Crippen LogP contribution >= 0.6 is 15.9 Å². The normalized spacial score (nSPS) is 13.7. The van der Waals surface area contributed by atoms with Gasteiger partial charge in [0, 0.05) is 17.6 Å². The van der Waals surface area contributed by atoms with Gasteiger partial charge in [0.2, 0.25) is 0 Å². The Bertz CT molecular complexity index is 156. The quantitative estimate of drug-likeness (QED) is 0.471. The van der Waals surface area contributed by atoms with Gasteiger partial charge in [0.05, 0.1) is 0 Å². The second-order valence-electron chi connectivity index (χ2n) is 1.34.